The van der Waals surface area contributed by atoms with Crippen molar-refractivity contribution >= 4 is 27.3 Å². The highest BCUT2D eigenvalue weighted by Crippen LogP contribution is 2.23. The Morgan fingerprint density at radius 1 is 1.00 bits per heavy atom. The number of sulfonamides is 1. The highest BCUT2D eigenvalue weighted by atomic mass is 32.2. The van der Waals surface area contributed by atoms with Gasteiger partial charge in [-0.25, -0.2) is 17.2 Å². The standard InChI is InChI=1S/C22H20F2N2O4S2/c23-17-6-7-20(19(24)13-17)30-14-16-12-21(31-15-16)22(27)25-8-10-26(11-9-25)32(28,29)18-4-2-1-3-5-18/h1-7,12-13,15H,8-11,14H2. The van der Waals surface area contributed by atoms with Crippen molar-refractivity contribution in [3.63, 3.8) is 0 Å². The van der Waals surface area contributed by atoms with Crippen molar-refractivity contribution in [1.82, 2.24) is 9.21 Å². The van der Waals surface area contributed by atoms with E-state index in [1.165, 1.54) is 21.7 Å². The van der Waals surface area contributed by atoms with Gasteiger partial charge in [0.1, 0.15) is 12.4 Å². The molecule has 0 aliphatic carbocycles. The molecule has 0 bridgehead atoms. The van der Waals surface area contributed by atoms with Gasteiger partial charge in [0.25, 0.3) is 5.91 Å². The Bertz CT molecular complexity index is 1210. The lowest BCUT2D eigenvalue weighted by Gasteiger charge is -2.33. The first-order valence-electron chi connectivity index (χ1n) is 9.84. The van der Waals surface area contributed by atoms with Gasteiger partial charge in [0.2, 0.25) is 10.0 Å². The van der Waals surface area contributed by atoms with E-state index in [0.29, 0.717) is 10.4 Å². The van der Waals surface area contributed by atoms with Gasteiger partial charge in [0.15, 0.2) is 11.6 Å². The summed E-state index contributed by atoms with van der Waals surface area (Å²) in [4.78, 5) is 15.2. The van der Waals surface area contributed by atoms with Crippen LogP contribution in [0.4, 0.5) is 8.78 Å². The fraction of sp³-hybridized carbons (Fsp3) is 0.227. The molecular weight excluding hydrogens is 458 g/mol. The summed E-state index contributed by atoms with van der Waals surface area (Å²) in [6.07, 6.45) is 0. The molecule has 0 radical (unpaired) electrons. The van der Waals surface area contributed by atoms with Gasteiger partial charge < -0.3 is 9.64 Å². The van der Waals surface area contributed by atoms with Gasteiger partial charge in [0.05, 0.1) is 9.77 Å². The van der Waals surface area contributed by atoms with E-state index in [2.05, 4.69) is 0 Å². The van der Waals surface area contributed by atoms with Gasteiger partial charge in [-0.2, -0.15) is 4.31 Å². The number of nitrogens with zero attached hydrogens (tertiary/aromatic N) is 2. The molecule has 1 aliphatic rings. The Balaban J connectivity index is 1.34. The molecule has 3 aromatic rings. The van der Waals surface area contributed by atoms with Crippen LogP contribution in [0.3, 0.4) is 0 Å². The second-order valence-electron chi connectivity index (χ2n) is 7.19. The van der Waals surface area contributed by atoms with Crippen LogP contribution in [-0.2, 0) is 16.6 Å². The Kier molecular flexibility index (Phi) is 6.54. The summed E-state index contributed by atoms with van der Waals surface area (Å²) in [5.41, 5.74) is 0.687. The molecule has 1 aromatic heterocycles. The maximum Gasteiger partial charge on any atom is 0.264 e. The number of hydrogen-bond acceptors (Lipinski definition) is 5. The van der Waals surface area contributed by atoms with Crippen molar-refractivity contribution in [2.75, 3.05) is 26.2 Å². The van der Waals surface area contributed by atoms with Crippen molar-refractivity contribution < 1.29 is 26.7 Å². The van der Waals surface area contributed by atoms with Crippen LogP contribution in [0.15, 0.2) is 64.9 Å². The number of carbonyl (C=O) groups excluding carboxylic acids is 1. The zero-order valence-corrected chi connectivity index (χ0v) is 18.5. The topological polar surface area (TPSA) is 66.9 Å². The van der Waals surface area contributed by atoms with Crippen LogP contribution >= 0.6 is 11.3 Å². The Hall–Kier alpha value is -2.82. The van der Waals surface area contributed by atoms with Crippen molar-refractivity contribution in [2.45, 2.75) is 11.5 Å². The fourth-order valence-electron chi connectivity index (χ4n) is 3.35. The smallest absolute Gasteiger partial charge is 0.264 e. The van der Waals surface area contributed by atoms with Crippen molar-refractivity contribution in [3.05, 3.63) is 82.1 Å². The minimum Gasteiger partial charge on any atom is -0.486 e. The summed E-state index contributed by atoms with van der Waals surface area (Å²) in [6.45, 7) is 1.04. The molecular formula is C22H20F2N2O4S2. The number of halogens is 2. The number of rotatable bonds is 6. The predicted molar refractivity (Wildman–Crippen MR) is 116 cm³/mol. The van der Waals surface area contributed by atoms with Gasteiger partial charge in [-0.1, -0.05) is 18.2 Å². The van der Waals surface area contributed by atoms with Crippen LogP contribution < -0.4 is 4.74 Å². The van der Waals surface area contributed by atoms with Crippen molar-refractivity contribution in [3.8, 4) is 5.75 Å². The minimum atomic E-state index is -3.58. The molecule has 6 nitrogen and oxygen atoms in total. The van der Waals surface area contributed by atoms with E-state index in [4.69, 9.17) is 4.74 Å². The SMILES string of the molecule is O=C(c1cc(COc2ccc(F)cc2F)cs1)N1CCN(S(=O)(=O)c2ccccc2)CC1. The van der Waals surface area contributed by atoms with E-state index in [9.17, 15) is 22.0 Å². The lowest BCUT2D eigenvalue weighted by molar-refractivity contribution is 0.0702. The fourth-order valence-corrected chi connectivity index (χ4v) is 5.65. The highest BCUT2D eigenvalue weighted by Gasteiger charge is 2.30. The number of amides is 1. The van der Waals surface area contributed by atoms with Gasteiger partial charge in [-0.05, 0) is 35.7 Å². The quantitative estimate of drug-likeness (QED) is 0.541. The third kappa shape index (κ3) is 4.82. The number of hydrogen-bond donors (Lipinski definition) is 0. The molecule has 10 heteroatoms. The molecule has 1 aliphatic heterocycles. The van der Waals surface area contributed by atoms with E-state index < -0.39 is 21.7 Å². The maximum atomic E-state index is 13.7. The molecule has 1 amide bonds. The first-order valence-corrected chi connectivity index (χ1v) is 12.2. The van der Waals surface area contributed by atoms with E-state index >= 15 is 0 Å². The van der Waals surface area contributed by atoms with Crippen LogP contribution in [0.1, 0.15) is 15.2 Å². The summed E-state index contributed by atoms with van der Waals surface area (Å²) in [7, 11) is -3.58. The monoisotopic (exact) mass is 478 g/mol. The molecule has 0 unspecified atom stereocenters. The third-order valence-electron chi connectivity index (χ3n) is 5.06. The largest absolute Gasteiger partial charge is 0.486 e. The molecule has 1 fully saturated rings. The second-order valence-corrected chi connectivity index (χ2v) is 10.0. The molecule has 0 N–H and O–H groups in total. The maximum absolute atomic E-state index is 13.7. The lowest BCUT2D eigenvalue weighted by Crippen LogP contribution is -2.50. The molecule has 0 atom stereocenters. The first kappa shape index (κ1) is 22.4. The second kappa shape index (κ2) is 9.35. The van der Waals surface area contributed by atoms with E-state index in [0.717, 1.165) is 12.1 Å². The molecule has 0 spiro atoms. The van der Waals surface area contributed by atoms with Gasteiger partial charge >= 0.3 is 0 Å². The summed E-state index contributed by atoms with van der Waals surface area (Å²) in [6, 6.07) is 13.0. The molecule has 2 heterocycles. The zero-order valence-electron chi connectivity index (χ0n) is 16.9. The van der Waals surface area contributed by atoms with E-state index in [-0.39, 0.29) is 49.3 Å². The summed E-state index contributed by atoms with van der Waals surface area (Å²) < 4.78 is 58.9. The normalized spacial score (nSPS) is 15.0. The van der Waals surface area contributed by atoms with Gasteiger partial charge in [-0.3, -0.25) is 4.79 Å². The average molecular weight is 479 g/mol. The van der Waals surface area contributed by atoms with Crippen LogP contribution in [0.5, 0.6) is 5.75 Å². The summed E-state index contributed by atoms with van der Waals surface area (Å²) >= 11 is 1.24. The first-order chi connectivity index (χ1) is 15.3. The third-order valence-corrected chi connectivity index (χ3v) is 7.94. The molecule has 168 valence electrons. The highest BCUT2D eigenvalue weighted by molar-refractivity contribution is 7.89. The van der Waals surface area contributed by atoms with E-state index in [1.807, 2.05) is 0 Å². The van der Waals surface area contributed by atoms with Crippen molar-refractivity contribution in [2.24, 2.45) is 0 Å². The Labute approximate surface area is 188 Å². The van der Waals surface area contributed by atoms with Gasteiger partial charge in [-0.15, -0.1) is 11.3 Å². The molecule has 32 heavy (non-hydrogen) atoms. The molecule has 1 saturated heterocycles. The minimum absolute atomic E-state index is 0.0371. The van der Waals surface area contributed by atoms with Gasteiger partial charge in [0, 0.05) is 37.8 Å². The van der Waals surface area contributed by atoms with Crippen LogP contribution in [0.25, 0.3) is 0 Å². The molecule has 0 saturated carbocycles. The molecule has 2 aromatic carbocycles. The Morgan fingerprint density at radius 3 is 2.41 bits per heavy atom. The van der Waals surface area contributed by atoms with Crippen LogP contribution in [0, 0.1) is 11.6 Å². The number of thiophene rings is 1. The lowest BCUT2D eigenvalue weighted by atomic mass is 10.2. The van der Waals surface area contributed by atoms with Crippen LogP contribution in [-0.4, -0.2) is 49.7 Å². The number of ether oxygens (including phenoxy) is 1. The summed E-state index contributed by atoms with van der Waals surface area (Å²) in [5.74, 6) is -1.73. The number of piperazine rings is 1. The van der Waals surface area contributed by atoms with E-state index in [1.54, 1.807) is 46.7 Å². The summed E-state index contributed by atoms with van der Waals surface area (Å²) in [5, 5.41) is 1.74. The number of benzene rings is 2. The molecule has 4 rings (SSSR count). The zero-order chi connectivity index (χ0) is 22.7. The van der Waals surface area contributed by atoms with Crippen molar-refractivity contribution in [1.29, 1.82) is 0 Å². The van der Waals surface area contributed by atoms with Crippen LogP contribution in [0.2, 0.25) is 0 Å². The predicted octanol–water partition coefficient (Wildman–Crippen LogP) is 3.75. The average Bonchev–Trinajstić information content (AvgIpc) is 3.28. The Morgan fingerprint density at radius 2 is 1.72 bits per heavy atom. The number of carbonyl (C=O) groups is 1.